The van der Waals surface area contributed by atoms with Crippen LogP contribution in [-0.2, 0) is 15.8 Å². The first-order valence-electron chi connectivity index (χ1n) is 13.1. The third-order valence-electron chi connectivity index (χ3n) is 7.60. The molecule has 2 saturated carbocycles. The zero-order valence-corrected chi connectivity index (χ0v) is 21.3. The fourth-order valence-electron chi connectivity index (χ4n) is 5.59. The molecule has 206 valence electrons. The Hall–Kier alpha value is -3.37. The summed E-state index contributed by atoms with van der Waals surface area (Å²) in [4.78, 5) is 39.5. The lowest BCUT2D eigenvalue weighted by atomic mass is 9.94. The van der Waals surface area contributed by atoms with Gasteiger partial charge in [-0.05, 0) is 37.8 Å². The Morgan fingerprint density at radius 3 is 2.34 bits per heavy atom. The molecule has 1 aromatic carbocycles. The number of amides is 2. The van der Waals surface area contributed by atoms with Crippen molar-refractivity contribution in [1.82, 2.24) is 20.0 Å². The Morgan fingerprint density at radius 2 is 1.71 bits per heavy atom. The predicted octanol–water partition coefficient (Wildman–Crippen LogP) is 5.05. The van der Waals surface area contributed by atoms with Gasteiger partial charge in [-0.3, -0.25) is 19.1 Å². The summed E-state index contributed by atoms with van der Waals surface area (Å²) in [6.45, 7) is 0. The monoisotopic (exact) mass is 534 g/mol. The molecule has 2 amide bonds. The molecule has 0 unspecified atom stereocenters. The molecule has 0 aliphatic heterocycles. The van der Waals surface area contributed by atoms with Crippen LogP contribution in [0.2, 0.25) is 0 Å². The number of benzene rings is 1. The van der Waals surface area contributed by atoms with Crippen LogP contribution in [0.4, 0.5) is 13.2 Å². The van der Waals surface area contributed by atoms with Gasteiger partial charge in [-0.2, -0.15) is 18.3 Å². The smallest absolute Gasteiger partial charge is 0.417 e. The molecule has 0 saturated heterocycles. The number of nitrogens with zero attached hydrogens (tertiary/aromatic N) is 3. The second kappa shape index (κ2) is 11.6. The molecule has 0 bridgehead atoms. The van der Waals surface area contributed by atoms with Crippen molar-refractivity contribution in [3.63, 3.8) is 0 Å². The van der Waals surface area contributed by atoms with Crippen molar-refractivity contribution < 1.29 is 32.7 Å². The Morgan fingerprint density at radius 1 is 1.08 bits per heavy atom. The van der Waals surface area contributed by atoms with E-state index in [1.54, 1.807) is 7.05 Å². The maximum absolute atomic E-state index is 13.8. The van der Waals surface area contributed by atoms with E-state index >= 15 is 0 Å². The van der Waals surface area contributed by atoms with Gasteiger partial charge in [0.25, 0.3) is 5.91 Å². The zero-order valence-electron chi connectivity index (χ0n) is 21.3. The quantitative estimate of drug-likeness (QED) is 0.493. The summed E-state index contributed by atoms with van der Waals surface area (Å²) in [5.41, 5.74) is -0.921. The maximum atomic E-state index is 13.8. The molecule has 2 N–H and O–H groups in total. The van der Waals surface area contributed by atoms with Crippen molar-refractivity contribution in [3.05, 3.63) is 41.6 Å². The minimum absolute atomic E-state index is 0.0310. The molecule has 4 rings (SSSR count). The average molecular weight is 535 g/mol. The standard InChI is InChI=1S/C27H33F3N4O4/c1-33(17-9-3-2-4-10-17)26(38)22(16-24(35)36)31-25(37)21-15-23(34(32-21)18-11-5-6-12-18)19-13-7-8-14-20(19)27(28,29)30/h7-8,13-15,17-18,22H,2-6,9-12,16H2,1H3,(H,31,37)(H,35,36)/t22-/m1/s1. The van der Waals surface area contributed by atoms with E-state index in [-0.39, 0.29) is 29.0 Å². The number of aromatic nitrogens is 2. The fraction of sp³-hybridized carbons (Fsp3) is 0.556. The van der Waals surface area contributed by atoms with Crippen molar-refractivity contribution >= 4 is 17.8 Å². The number of hydrogen-bond donors (Lipinski definition) is 2. The van der Waals surface area contributed by atoms with E-state index in [1.807, 2.05) is 0 Å². The second-order valence-corrected chi connectivity index (χ2v) is 10.2. The van der Waals surface area contributed by atoms with Gasteiger partial charge in [0.05, 0.1) is 23.7 Å². The highest BCUT2D eigenvalue weighted by atomic mass is 19.4. The number of hydrogen-bond acceptors (Lipinski definition) is 4. The van der Waals surface area contributed by atoms with E-state index in [4.69, 9.17) is 0 Å². The molecular formula is C27H33F3N4O4. The van der Waals surface area contributed by atoms with Crippen molar-refractivity contribution in [2.75, 3.05) is 7.05 Å². The number of aliphatic carboxylic acids is 1. The van der Waals surface area contributed by atoms with Crippen LogP contribution in [0.1, 0.15) is 86.3 Å². The van der Waals surface area contributed by atoms with Crippen molar-refractivity contribution in [1.29, 1.82) is 0 Å². The van der Waals surface area contributed by atoms with Crippen LogP contribution in [0.15, 0.2) is 30.3 Å². The van der Waals surface area contributed by atoms with E-state index < -0.39 is 42.0 Å². The van der Waals surface area contributed by atoms with Gasteiger partial charge >= 0.3 is 12.1 Å². The van der Waals surface area contributed by atoms with Crippen LogP contribution >= 0.6 is 0 Å². The zero-order chi connectivity index (χ0) is 27.4. The van der Waals surface area contributed by atoms with Crippen molar-refractivity contribution in [2.45, 2.75) is 88.5 Å². The number of nitrogens with one attached hydrogen (secondary N) is 1. The van der Waals surface area contributed by atoms with Gasteiger partial charge in [0, 0.05) is 18.7 Å². The van der Waals surface area contributed by atoms with Crippen LogP contribution in [0.3, 0.4) is 0 Å². The molecule has 0 radical (unpaired) electrons. The average Bonchev–Trinajstić information content (AvgIpc) is 3.57. The third-order valence-corrected chi connectivity index (χ3v) is 7.60. The molecule has 2 aliphatic carbocycles. The van der Waals surface area contributed by atoms with Crippen LogP contribution in [0, 0.1) is 0 Å². The van der Waals surface area contributed by atoms with Crippen molar-refractivity contribution in [2.24, 2.45) is 0 Å². The molecular weight excluding hydrogens is 501 g/mol. The number of alkyl halides is 3. The first-order chi connectivity index (χ1) is 18.1. The van der Waals surface area contributed by atoms with E-state index in [0.717, 1.165) is 63.9 Å². The molecule has 0 spiro atoms. The van der Waals surface area contributed by atoms with Gasteiger partial charge in [-0.25, -0.2) is 0 Å². The third kappa shape index (κ3) is 6.19. The van der Waals surface area contributed by atoms with Crippen LogP contribution in [-0.4, -0.2) is 56.7 Å². The Labute approximate surface area is 219 Å². The number of likely N-dealkylation sites (N-methyl/N-ethyl adjacent to an activating group) is 1. The lowest BCUT2D eigenvalue weighted by Gasteiger charge is -2.33. The number of carboxylic acids is 1. The molecule has 38 heavy (non-hydrogen) atoms. The van der Waals surface area contributed by atoms with Gasteiger partial charge in [-0.1, -0.05) is 50.3 Å². The van der Waals surface area contributed by atoms with E-state index in [2.05, 4.69) is 10.4 Å². The number of halogens is 3. The van der Waals surface area contributed by atoms with Gasteiger partial charge in [-0.15, -0.1) is 0 Å². The number of carbonyl (C=O) groups is 3. The summed E-state index contributed by atoms with van der Waals surface area (Å²) >= 11 is 0. The highest BCUT2D eigenvalue weighted by Crippen LogP contribution is 2.40. The molecule has 2 aliphatic rings. The van der Waals surface area contributed by atoms with E-state index in [1.165, 1.54) is 33.8 Å². The Bertz CT molecular complexity index is 1170. The van der Waals surface area contributed by atoms with E-state index in [0.29, 0.717) is 0 Å². The molecule has 2 aromatic rings. The van der Waals surface area contributed by atoms with E-state index in [9.17, 15) is 32.7 Å². The number of carboxylic acid groups (broad SMARTS) is 1. The number of rotatable bonds is 8. The highest BCUT2D eigenvalue weighted by Gasteiger charge is 2.36. The summed E-state index contributed by atoms with van der Waals surface area (Å²) < 4.78 is 42.9. The summed E-state index contributed by atoms with van der Waals surface area (Å²) in [7, 11) is 1.61. The van der Waals surface area contributed by atoms with Crippen LogP contribution in [0.5, 0.6) is 0 Å². The van der Waals surface area contributed by atoms with Crippen LogP contribution in [0.25, 0.3) is 11.3 Å². The molecule has 11 heteroatoms. The molecule has 1 aromatic heterocycles. The summed E-state index contributed by atoms with van der Waals surface area (Å²) in [5, 5.41) is 16.3. The van der Waals surface area contributed by atoms with Crippen molar-refractivity contribution in [3.8, 4) is 11.3 Å². The van der Waals surface area contributed by atoms with Crippen LogP contribution < -0.4 is 5.32 Å². The van der Waals surface area contributed by atoms with Gasteiger partial charge in [0.2, 0.25) is 5.91 Å². The molecule has 1 heterocycles. The first kappa shape index (κ1) is 27.7. The second-order valence-electron chi connectivity index (χ2n) is 10.2. The maximum Gasteiger partial charge on any atom is 0.417 e. The summed E-state index contributed by atoms with van der Waals surface area (Å²) in [6.07, 6.45) is 2.65. The first-order valence-corrected chi connectivity index (χ1v) is 13.1. The van der Waals surface area contributed by atoms with Gasteiger partial charge in [0.15, 0.2) is 5.69 Å². The SMILES string of the molecule is CN(C(=O)[C@@H](CC(=O)O)NC(=O)c1cc(-c2ccccc2C(F)(F)F)n(C2CCCC2)n1)C1CCCCC1. The molecule has 2 fully saturated rings. The highest BCUT2D eigenvalue weighted by molar-refractivity contribution is 5.98. The summed E-state index contributed by atoms with van der Waals surface area (Å²) in [6, 6.07) is 4.92. The molecule has 8 nitrogen and oxygen atoms in total. The van der Waals surface area contributed by atoms with Gasteiger partial charge < -0.3 is 15.3 Å². The predicted molar refractivity (Wildman–Crippen MR) is 133 cm³/mol. The number of carbonyl (C=O) groups excluding carboxylic acids is 2. The van der Waals surface area contributed by atoms with Gasteiger partial charge in [0.1, 0.15) is 6.04 Å². The fourth-order valence-corrected chi connectivity index (χ4v) is 5.59. The normalized spacial score (nSPS) is 17.8. The lowest BCUT2D eigenvalue weighted by molar-refractivity contribution is -0.143. The minimum atomic E-state index is -4.60. The Balaban J connectivity index is 1.64. The summed E-state index contributed by atoms with van der Waals surface area (Å²) in [5.74, 6) is -2.56. The molecule has 1 atom stereocenters. The Kier molecular flexibility index (Phi) is 8.42. The minimum Gasteiger partial charge on any atom is -0.481 e. The lowest BCUT2D eigenvalue weighted by Crippen LogP contribution is -2.51. The largest absolute Gasteiger partial charge is 0.481 e. The topological polar surface area (TPSA) is 105 Å².